The summed E-state index contributed by atoms with van der Waals surface area (Å²) in [6, 6.07) is 1.65. The van der Waals surface area contributed by atoms with E-state index in [1.54, 1.807) is 0 Å². The molecule has 1 rings (SSSR count). The lowest BCUT2D eigenvalue weighted by Crippen LogP contribution is -2.75. The number of anilines is 1. The van der Waals surface area contributed by atoms with Gasteiger partial charge in [0, 0.05) is 15.7 Å². The van der Waals surface area contributed by atoms with Crippen molar-refractivity contribution in [3.63, 3.8) is 0 Å². The number of amides is 1. The zero-order valence-electron chi connectivity index (χ0n) is 15.8. The summed E-state index contributed by atoms with van der Waals surface area (Å²) in [5.74, 6) is -62.1. The van der Waals surface area contributed by atoms with E-state index in [0.717, 1.165) is 6.07 Å². The molecule has 0 radical (unpaired) electrons. The van der Waals surface area contributed by atoms with Crippen LogP contribution in [0.4, 0.5) is 80.3 Å². The Hall–Kier alpha value is -1.92. The van der Waals surface area contributed by atoms with Crippen LogP contribution >= 0.6 is 23.2 Å². The Morgan fingerprint density at radius 1 is 0.528 bits per heavy atom. The lowest BCUT2D eigenvalue weighted by atomic mass is 9.89. The topological polar surface area (TPSA) is 29.1 Å². The smallest absolute Gasteiger partial charge is 0.321 e. The van der Waals surface area contributed by atoms with E-state index in [-0.39, 0.29) is 0 Å². The largest absolute Gasteiger partial charge is 0.460 e. The summed E-state index contributed by atoms with van der Waals surface area (Å²) in [7, 11) is 0. The molecule has 0 aliphatic heterocycles. The predicted molar refractivity (Wildman–Crippen MR) is 85.8 cm³/mol. The third-order valence-electron chi connectivity index (χ3n) is 4.13. The number of hydrogen-bond donors (Lipinski definition) is 1. The number of carbonyl (C=O) groups is 1. The lowest BCUT2D eigenvalue weighted by Gasteiger charge is -2.42. The third kappa shape index (κ3) is 4.49. The second-order valence-corrected chi connectivity index (χ2v) is 7.50. The van der Waals surface area contributed by atoms with Gasteiger partial charge in [-0.25, -0.2) is 0 Å². The molecule has 0 spiro atoms. The van der Waals surface area contributed by atoms with Gasteiger partial charge in [0.25, 0.3) is 0 Å². The summed E-state index contributed by atoms with van der Waals surface area (Å²) in [4.78, 5) is 11.4. The van der Waals surface area contributed by atoms with Gasteiger partial charge in [-0.2, -0.15) is 74.6 Å². The van der Waals surface area contributed by atoms with Crippen LogP contribution in [0.5, 0.6) is 0 Å². The van der Waals surface area contributed by atoms with E-state index in [0.29, 0.717) is 17.4 Å². The number of carbonyl (C=O) groups excluding carboxylic acids is 1. The van der Waals surface area contributed by atoms with Crippen LogP contribution in [0.15, 0.2) is 18.2 Å². The van der Waals surface area contributed by atoms with Crippen molar-refractivity contribution in [3.8, 4) is 0 Å². The number of halogens is 19. The molecule has 21 heteroatoms. The van der Waals surface area contributed by atoms with Crippen molar-refractivity contribution in [2.45, 2.75) is 47.6 Å². The van der Waals surface area contributed by atoms with Gasteiger partial charge in [0.15, 0.2) is 0 Å². The summed E-state index contributed by atoms with van der Waals surface area (Å²) in [6.45, 7) is 0. The molecule has 36 heavy (non-hydrogen) atoms. The Balaban J connectivity index is 3.59. The lowest BCUT2D eigenvalue weighted by molar-refractivity contribution is -0.459. The highest BCUT2D eigenvalue weighted by molar-refractivity contribution is 6.35. The summed E-state index contributed by atoms with van der Waals surface area (Å²) in [6.07, 6.45) is -7.85. The van der Waals surface area contributed by atoms with Gasteiger partial charge < -0.3 is 5.32 Å². The van der Waals surface area contributed by atoms with Crippen molar-refractivity contribution < 1.29 is 79.4 Å². The second kappa shape index (κ2) is 8.83. The first kappa shape index (κ1) is 32.1. The Morgan fingerprint density at radius 2 is 0.833 bits per heavy atom. The van der Waals surface area contributed by atoms with Crippen molar-refractivity contribution in [3.05, 3.63) is 28.2 Å². The average molecular weight is 608 g/mol. The van der Waals surface area contributed by atoms with E-state index in [1.807, 2.05) is 0 Å². The number of benzene rings is 1. The first-order chi connectivity index (χ1) is 15.5. The number of rotatable bonds is 8. The van der Waals surface area contributed by atoms with Crippen LogP contribution in [0.25, 0.3) is 0 Å². The van der Waals surface area contributed by atoms with Gasteiger partial charge in [0.1, 0.15) is 0 Å². The fourth-order valence-corrected chi connectivity index (χ4v) is 2.67. The molecule has 0 unspecified atom stereocenters. The first-order valence-electron chi connectivity index (χ1n) is 8.03. The monoisotopic (exact) mass is 607 g/mol. The van der Waals surface area contributed by atoms with Crippen LogP contribution in [-0.4, -0.2) is 53.5 Å². The molecule has 208 valence electrons. The zero-order valence-corrected chi connectivity index (χ0v) is 17.3. The van der Waals surface area contributed by atoms with E-state index in [4.69, 9.17) is 23.2 Å². The number of hydrogen-bond acceptors (Lipinski definition) is 1. The van der Waals surface area contributed by atoms with Crippen molar-refractivity contribution >= 4 is 34.8 Å². The molecule has 0 heterocycles. The molecule has 1 aromatic rings. The van der Waals surface area contributed by atoms with Crippen LogP contribution in [0, 0.1) is 0 Å². The molecule has 1 aromatic carbocycles. The minimum atomic E-state index is -8.78. The maximum absolute atomic E-state index is 13.8. The quantitative estimate of drug-likeness (QED) is 0.299. The van der Waals surface area contributed by atoms with Gasteiger partial charge in [0.2, 0.25) is 0 Å². The van der Waals surface area contributed by atoms with E-state index in [1.165, 1.54) is 0 Å². The Kier molecular flexibility index (Phi) is 7.88. The van der Waals surface area contributed by atoms with Crippen molar-refractivity contribution in [2.75, 3.05) is 5.32 Å². The number of nitrogens with one attached hydrogen (secondary N) is 1. The van der Waals surface area contributed by atoms with E-state index < -0.39 is 69.3 Å². The van der Waals surface area contributed by atoms with Gasteiger partial charge in [-0.05, 0) is 18.2 Å². The highest BCUT2D eigenvalue weighted by Crippen LogP contribution is 2.64. The molecule has 0 aliphatic carbocycles. The van der Waals surface area contributed by atoms with Crippen LogP contribution < -0.4 is 5.32 Å². The third-order valence-corrected chi connectivity index (χ3v) is 4.56. The molecule has 0 atom stereocenters. The summed E-state index contributed by atoms with van der Waals surface area (Å²) < 4.78 is 224. The Morgan fingerprint density at radius 3 is 1.17 bits per heavy atom. The summed E-state index contributed by atoms with van der Waals surface area (Å²) in [5, 5.41) is -0.402. The van der Waals surface area contributed by atoms with Gasteiger partial charge in [-0.15, -0.1) is 0 Å². The van der Waals surface area contributed by atoms with E-state index in [2.05, 4.69) is 0 Å². The molecule has 0 bridgehead atoms. The second-order valence-electron chi connectivity index (χ2n) is 6.63. The van der Waals surface area contributed by atoms with Crippen molar-refractivity contribution in [1.29, 1.82) is 0 Å². The fourth-order valence-electron chi connectivity index (χ4n) is 2.14. The minimum absolute atomic E-state index is 0.417. The van der Waals surface area contributed by atoms with Crippen molar-refractivity contribution in [2.24, 2.45) is 0 Å². The highest BCUT2D eigenvalue weighted by atomic mass is 35.5. The van der Waals surface area contributed by atoms with Crippen LogP contribution in [0.2, 0.25) is 10.0 Å². The SMILES string of the molecule is O=C(Nc1cc(Cl)cc(Cl)c1)C(F)(F)C(F)(F)C(F)(F)C(F)(F)C(F)(F)C(F)(F)C(F)(F)C(F)(F)F. The first-order valence-corrected chi connectivity index (χ1v) is 8.78. The van der Waals surface area contributed by atoms with Gasteiger partial charge in [-0.3, -0.25) is 4.79 Å². The Bertz CT molecular complexity index is 984. The molecule has 1 amide bonds. The highest BCUT2D eigenvalue weighted by Gasteiger charge is 2.95. The zero-order chi connectivity index (χ0) is 29.1. The number of alkyl halides is 17. The molecule has 0 saturated carbocycles. The van der Waals surface area contributed by atoms with Gasteiger partial charge in [0.05, 0.1) is 0 Å². The summed E-state index contributed by atoms with van der Waals surface area (Å²) >= 11 is 10.7. The van der Waals surface area contributed by atoms with Crippen LogP contribution in [0.1, 0.15) is 0 Å². The molecular formula is C15H4Cl2F17NO. The molecule has 0 saturated heterocycles. The normalized spacial score (nSPS) is 15.2. The van der Waals surface area contributed by atoms with Crippen molar-refractivity contribution in [1.82, 2.24) is 0 Å². The average Bonchev–Trinajstić information content (AvgIpc) is 2.65. The van der Waals surface area contributed by atoms with E-state index >= 15 is 0 Å². The molecule has 2 nitrogen and oxygen atoms in total. The molecular weight excluding hydrogens is 604 g/mol. The minimum Gasteiger partial charge on any atom is -0.321 e. The maximum Gasteiger partial charge on any atom is 0.460 e. The van der Waals surface area contributed by atoms with Crippen LogP contribution in [-0.2, 0) is 4.79 Å². The fraction of sp³-hybridized carbons (Fsp3) is 0.533. The Labute approximate surface area is 196 Å². The van der Waals surface area contributed by atoms with Crippen LogP contribution in [0.3, 0.4) is 0 Å². The molecule has 0 aromatic heterocycles. The summed E-state index contributed by atoms with van der Waals surface area (Å²) in [5.41, 5.74) is -1.12. The molecule has 0 fully saturated rings. The maximum atomic E-state index is 13.8. The predicted octanol–water partition coefficient (Wildman–Crippen LogP) is 7.94. The molecule has 0 aliphatic rings. The van der Waals surface area contributed by atoms with Gasteiger partial charge in [-0.1, -0.05) is 23.2 Å². The van der Waals surface area contributed by atoms with E-state index in [9.17, 15) is 79.4 Å². The van der Waals surface area contributed by atoms with Gasteiger partial charge >= 0.3 is 53.5 Å². The molecule has 1 N–H and O–H groups in total. The standard InChI is InChI=1S/C15H4Cl2F17NO/c16-4-1-5(17)3-6(2-4)35-7(36)8(18,19)9(20,21)10(22,23)11(24,25)12(26,27)13(28,29)14(30,31)15(32,33)34/h1-3H,(H,35,36).